The average Bonchev–Trinajstić information content (AvgIpc) is 2.64. The van der Waals surface area contributed by atoms with Gasteiger partial charge < -0.3 is 13.3 Å². The maximum Gasteiger partial charge on any atom is 0.501 e. The maximum atomic E-state index is 13.7. The zero-order valence-corrected chi connectivity index (χ0v) is 20.3. The Hall–Kier alpha value is -1.03. The van der Waals surface area contributed by atoms with Crippen molar-refractivity contribution in [2.45, 2.75) is 104 Å². The average molecular weight is 471 g/mol. The monoisotopic (exact) mass is 470 g/mol. The first-order valence-electron chi connectivity index (χ1n) is 10.9. The van der Waals surface area contributed by atoms with Crippen molar-refractivity contribution in [1.82, 2.24) is 0 Å². The van der Waals surface area contributed by atoms with Crippen molar-refractivity contribution in [2.24, 2.45) is 0 Å². The molecule has 9 heteroatoms. The van der Waals surface area contributed by atoms with Crippen molar-refractivity contribution < 1.29 is 35.2 Å². The first-order valence-corrected chi connectivity index (χ1v) is 12.9. The Morgan fingerprint density at radius 2 is 0.903 bits per heavy atom. The molecule has 0 atom stereocenters. The third-order valence-electron chi connectivity index (χ3n) is 4.46. The summed E-state index contributed by atoms with van der Waals surface area (Å²) >= 11 is 0. The number of hydrogen-bond donors (Lipinski definition) is 0. The molecule has 1 rings (SSSR count). The highest BCUT2D eigenvalue weighted by molar-refractivity contribution is 6.60. The lowest BCUT2D eigenvalue weighted by Gasteiger charge is -2.34. The van der Waals surface area contributed by atoms with Crippen LogP contribution in [0.5, 0.6) is 0 Å². The summed E-state index contributed by atoms with van der Waals surface area (Å²) in [5, 5.41) is 0. The van der Waals surface area contributed by atoms with Crippen molar-refractivity contribution in [3.05, 3.63) is 34.6 Å². The van der Waals surface area contributed by atoms with Crippen LogP contribution in [0.15, 0.2) is 0 Å². The van der Waals surface area contributed by atoms with Gasteiger partial charge in [0.05, 0.1) is 0 Å². The summed E-state index contributed by atoms with van der Waals surface area (Å²) in [5.41, 5.74) is -0.746. The van der Waals surface area contributed by atoms with Crippen LogP contribution in [0.4, 0.5) is 22.0 Å². The standard InChI is InChI=1S/C22H35F5O3Si/c1-14(2)28-31(29-15(3)4,30-16(5)6)13-11-9-7-8-10-12-17-18(23)20(25)22(27)21(26)19(17)24/h14-16H,7-13H2,1-6H3. The molecule has 0 saturated carbocycles. The lowest BCUT2D eigenvalue weighted by molar-refractivity contribution is 0.00277. The Bertz CT molecular complexity index is 643. The molecule has 31 heavy (non-hydrogen) atoms. The first-order chi connectivity index (χ1) is 14.4. The highest BCUT2D eigenvalue weighted by atomic mass is 28.4. The van der Waals surface area contributed by atoms with Crippen LogP contribution in [0.1, 0.15) is 79.2 Å². The molecule has 0 radical (unpaired) electrons. The molecule has 0 saturated heterocycles. The number of benzene rings is 1. The van der Waals surface area contributed by atoms with Gasteiger partial charge in [0.15, 0.2) is 23.3 Å². The van der Waals surface area contributed by atoms with Gasteiger partial charge in [-0.1, -0.05) is 19.3 Å². The number of halogens is 5. The van der Waals surface area contributed by atoms with Crippen molar-refractivity contribution in [1.29, 1.82) is 0 Å². The van der Waals surface area contributed by atoms with Crippen LogP contribution in [0.2, 0.25) is 6.04 Å². The van der Waals surface area contributed by atoms with Crippen LogP contribution < -0.4 is 0 Å². The minimum atomic E-state index is -2.86. The van der Waals surface area contributed by atoms with Gasteiger partial charge in [-0.25, -0.2) is 22.0 Å². The van der Waals surface area contributed by atoms with Gasteiger partial charge in [0.25, 0.3) is 0 Å². The fraction of sp³-hybridized carbons (Fsp3) is 0.727. The van der Waals surface area contributed by atoms with E-state index in [1.807, 2.05) is 41.5 Å². The zero-order valence-electron chi connectivity index (χ0n) is 19.3. The lowest BCUT2D eigenvalue weighted by atomic mass is 10.0. The summed E-state index contributed by atoms with van der Waals surface area (Å²) in [5.74, 6) is -9.39. The molecule has 0 aliphatic rings. The van der Waals surface area contributed by atoms with Gasteiger partial charge >= 0.3 is 8.80 Å². The van der Waals surface area contributed by atoms with Crippen LogP contribution in [0, 0.1) is 29.1 Å². The predicted octanol–water partition coefficient (Wildman–Crippen LogP) is 7.09. The zero-order chi connectivity index (χ0) is 23.8. The fourth-order valence-corrected chi connectivity index (χ4v) is 6.74. The smallest absolute Gasteiger partial charge is 0.371 e. The number of rotatable bonds is 14. The second kappa shape index (κ2) is 12.9. The van der Waals surface area contributed by atoms with E-state index in [9.17, 15) is 22.0 Å². The molecule has 0 aliphatic carbocycles. The first kappa shape index (κ1) is 28.0. The predicted molar refractivity (Wildman–Crippen MR) is 112 cm³/mol. The Morgan fingerprint density at radius 3 is 1.32 bits per heavy atom. The van der Waals surface area contributed by atoms with E-state index in [1.54, 1.807) is 0 Å². The van der Waals surface area contributed by atoms with Gasteiger partial charge in [-0.2, -0.15) is 0 Å². The molecule has 0 heterocycles. The normalized spacial score (nSPS) is 12.6. The van der Waals surface area contributed by atoms with E-state index in [4.69, 9.17) is 13.3 Å². The summed E-state index contributed by atoms with van der Waals surface area (Å²) in [4.78, 5) is 0. The number of hydrogen-bond acceptors (Lipinski definition) is 3. The molecule has 0 amide bonds. The summed E-state index contributed by atoms with van der Waals surface area (Å²) in [6.45, 7) is 11.6. The molecular formula is C22H35F5O3Si. The summed E-state index contributed by atoms with van der Waals surface area (Å²) in [7, 11) is -2.86. The molecular weight excluding hydrogens is 435 g/mol. The second-order valence-electron chi connectivity index (χ2n) is 8.50. The van der Waals surface area contributed by atoms with Crippen LogP contribution >= 0.6 is 0 Å². The molecule has 0 spiro atoms. The van der Waals surface area contributed by atoms with Crippen molar-refractivity contribution >= 4 is 8.80 Å². The summed E-state index contributed by atoms with van der Waals surface area (Å²) < 4.78 is 85.4. The van der Waals surface area contributed by atoms with Gasteiger partial charge in [0, 0.05) is 29.9 Å². The molecule has 1 aromatic rings. The Balaban J connectivity index is 2.56. The molecule has 0 aliphatic heterocycles. The van der Waals surface area contributed by atoms with Gasteiger partial charge in [-0.15, -0.1) is 0 Å². The van der Waals surface area contributed by atoms with Crippen LogP contribution in [0.3, 0.4) is 0 Å². The lowest BCUT2D eigenvalue weighted by Crippen LogP contribution is -2.50. The minimum absolute atomic E-state index is 0.0366. The van der Waals surface area contributed by atoms with E-state index in [2.05, 4.69) is 0 Å². The van der Waals surface area contributed by atoms with E-state index in [1.165, 1.54) is 0 Å². The highest BCUT2D eigenvalue weighted by Gasteiger charge is 2.43. The third kappa shape index (κ3) is 8.79. The van der Waals surface area contributed by atoms with E-state index in [0.29, 0.717) is 18.9 Å². The van der Waals surface area contributed by atoms with E-state index < -0.39 is 43.5 Å². The van der Waals surface area contributed by atoms with Crippen LogP contribution in [-0.2, 0) is 19.7 Å². The molecule has 0 aromatic heterocycles. The van der Waals surface area contributed by atoms with Crippen LogP contribution in [0.25, 0.3) is 0 Å². The molecule has 0 bridgehead atoms. The Morgan fingerprint density at radius 1 is 0.548 bits per heavy atom. The Labute approximate surface area is 183 Å². The van der Waals surface area contributed by atoms with Gasteiger partial charge in [0.2, 0.25) is 5.82 Å². The highest BCUT2D eigenvalue weighted by Crippen LogP contribution is 2.27. The van der Waals surface area contributed by atoms with E-state index in [0.717, 1.165) is 19.3 Å². The van der Waals surface area contributed by atoms with Gasteiger partial charge in [-0.3, -0.25) is 0 Å². The minimum Gasteiger partial charge on any atom is -0.371 e. The van der Waals surface area contributed by atoms with Crippen molar-refractivity contribution in [3.8, 4) is 0 Å². The molecule has 1 aromatic carbocycles. The molecule has 3 nitrogen and oxygen atoms in total. The molecule has 0 fully saturated rings. The van der Waals surface area contributed by atoms with Gasteiger partial charge in [-0.05, 0) is 60.8 Å². The summed E-state index contributed by atoms with van der Waals surface area (Å²) in [6.07, 6.45) is 2.99. The quantitative estimate of drug-likeness (QED) is 0.0955. The van der Waals surface area contributed by atoms with Crippen molar-refractivity contribution in [2.75, 3.05) is 0 Å². The molecule has 180 valence electrons. The molecule has 0 N–H and O–H groups in total. The maximum absolute atomic E-state index is 13.7. The van der Waals surface area contributed by atoms with Crippen LogP contribution in [-0.4, -0.2) is 27.1 Å². The molecule has 0 unspecified atom stereocenters. The fourth-order valence-electron chi connectivity index (χ4n) is 3.38. The summed E-state index contributed by atoms with van der Waals surface area (Å²) in [6, 6.07) is 0.652. The third-order valence-corrected chi connectivity index (χ3v) is 7.91. The van der Waals surface area contributed by atoms with Gasteiger partial charge in [0.1, 0.15) is 0 Å². The Kier molecular flexibility index (Phi) is 11.6. The van der Waals surface area contributed by atoms with E-state index >= 15 is 0 Å². The SMILES string of the molecule is CC(C)O[Si](CCCCCCCc1c(F)c(F)c(F)c(F)c1F)(OC(C)C)OC(C)C. The second-order valence-corrected chi connectivity index (χ2v) is 11.1. The number of unbranched alkanes of at least 4 members (excludes halogenated alkanes) is 4. The topological polar surface area (TPSA) is 27.7 Å². The largest absolute Gasteiger partial charge is 0.501 e. The van der Waals surface area contributed by atoms with E-state index in [-0.39, 0.29) is 24.7 Å². The van der Waals surface area contributed by atoms with Crippen molar-refractivity contribution in [3.63, 3.8) is 0 Å².